The fourth-order valence-electron chi connectivity index (χ4n) is 4.81. The first-order valence-corrected chi connectivity index (χ1v) is 13.9. The number of aliphatic hydroxyl groups is 1. The van der Waals surface area contributed by atoms with Gasteiger partial charge in [-0.15, -0.1) is 0 Å². The van der Waals surface area contributed by atoms with Crippen LogP contribution in [0, 0.1) is 12.8 Å². The number of carbonyl (C=O) groups excluding carboxylic acids is 1. The van der Waals surface area contributed by atoms with Gasteiger partial charge >= 0.3 is 5.97 Å². The van der Waals surface area contributed by atoms with Gasteiger partial charge in [-0.1, -0.05) is 50.2 Å². The van der Waals surface area contributed by atoms with E-state index >= 15 is 0 Å². The third-order valence-electron chi connectivity index (χ3n) is 6.75. The molecule has 210 valence electrons. The number of aliphatic hydroxyl groups excluding tert-OH is 1. The monoisotopic (exact) mass is 563 g/mol. The summed E-state index contributed by atoms with van der Waals surface area (Å²) in [5.41, 5.74) is 4.83. The maximum absolute atomic E-state index is 13.1. The molecule has 40 heavy (non-hydrogen) atoms. The topological polar surface area (TPSA) is 143 Å². The average molecular weight is 564 g/mol. The molecule has 0 fully saturated rings. The van der Waals surface area contributed by atoms with E-state index in [1.165, 1.54) is 0 Å². The van der Waals surface area contributed by atoms with Crippen molar-refractivity contribution >= 4 is 45.5 Å². The number of hydrogen-bond donors (Lipinski definition) is 3. The largest absolute Gasteiger partial charge is 0.755 e. The molecule has 0 aliphatic carbocycles. The molecule has 0 spiro atoms. The normalized spacial score (nSPS) is 12.8. The molecule has 10 heteroatoms. The van der Waals surface area contributed by atoms with Crippen molar-refractivity contribution in [3.63, 3.8) is 0 Å². The number of nitrogens with zero attached hydrogens (tertiary/aromatic N) is 1. The zero-order valence-corrected chi connectivity index (χ0v) is 23.2. The van der Waals surface area contributed by atoms with Gasteiger partial charge in [0.1, 0.15) is 11.6 Å². The summed E-state index contributed by atoms with van der Waals surface area (Å²) >= 11 is -2.77. The van der Waals surface area contributed by atoms with Crippen LogP contribution in [0.25, 0.3) is 22.1 Å². The van der Waals surface area contributed by atoms with Crippen molar-refractivity contribution in [1.29, 1.82) is 0 Å². The molecule has 3 aromatic carbocycles. The van der Waals surface area contributed by atoms with Gasteiger partial charge in [0.15, 0.2) is 5.76 Å². The lowest BCUT2D eigenvalue weighted by Crippen LogP contribution is -2.45. The van der Waals surface area contributed by atoms with E-state index in [4.69, 9.17) is 4.42 Å². The molecule has 0 radical (unpaired) electrons. The Morgan fingerprint density at radius 3 is 2.20 bits per heavy atom. The van der Waals surface area contributed by atoms with Gasteiger partial charge in [-0.05, 0) is 72.7 Å². The highest BCUT2D eigenvalue weighted by Gasteiger charge is 2.30. The van der Waals surface area contributed by atoms with Crippen molar-refractivity contribution in [2.75, 3.05) is 16.2 Å². The van der Waals surface area contributed by atoms with E-state index in [-0.39, 0.29) is 24.0 Å². The van der Waals surface area contributed by atoms with Crippen LogP contribution in [0.5, 0.6) is 0 Å². The number of aliphatic carboxylic acids is 1. The van der Waals surface area contributed by atoms with Crippen molar-refractivity contribution in [1.82, 2.24) is 0 Å². The quantitative estimate of drug-likeness (QED) is 0.210. The van der Waals surface area contributed by atoms with Crippen LogP contribution in [-0.2, 0) is 22.5 Å². The predicted molar refractivity (Wildman–Crippen MR) is 154 cm³/mol. The van der Waals surface area contributed by atoms with Crippen LogP contribution in [0.2, 0.25) is 0 Å². The van der Waals surface area contributed by atoms with Crippen molar-refractivity contribution in [3.8, 4) is 11.1 Å². The lowest BCUT2D eigenvalue weighted by molar-refractivity contribution is -0.139. The van der Waals surface area contributed by atoms with Crippen LogP contribution >= 0.6 is 0 Å². The number of carboxylic acid groups (broad SMARTS) is 1. The van der Waals surface area contributed by atoms with Crippen molar-refractivity contribution < 1.29 is 33.0 Å². The molecule has 1 aromatic heterocycles. The van der Waals surface area contributed by atoms with Crippen LogP contribution in [0.4, 0.5) is 11.4 Å². The summed E-state index contributed by atoms with van der Waals surface area (Å²) < 4.78 is 30.5. The van der Waals surface area contributed by atoms with Gasteiger partial charge in [0, 0.05) is 40.2 Å². The molecule has 1 amide bonds. The van der Waals surface area contributed by atoms with Gasteiger partial charge in [-0.3, -0.25) is 13.3 Å². The van der Waals surface area contributed by atoms with E-state index in [2.05, 4.69) is 5.32 Å². The summed E-state index contributed by atoms with van der Waals surface area (Å²) in [6.45, 7) is 5.24. The summed E-state index contributed by atoms with van der Waals surface area (Å²) in [4.78, 5) is 24.8. The van der Waals surface area contributed by atoms with Crippen LogP contribution in [0.15, 0.2) is 71.1 Å². The first-order chi connectivity index (χ1) is 19.1. The summed E-state index contributed by atoms with van der Waals surface area (Å²) in [5, 5.41) is 22.5. The van der Waals surface area contributed by atoms with Crippen molar-refractivity contribution in [3.05, 3.63) is 83.6 Å². The van der Waals surface area contributed by atoms with Gasteiger partial charge in [-0.25, -0.2) is 4.79 Å². The molecule has 3 N–H and O–H groups in total. The maximum Gasteiger partial charge on any atom is 0.327 e. The fourth-order valence-corrected chi connectivity index (χ4v) is 5.62. The zero-order chi connectivity index (χ0) is 29.0. The number of fused-ring (bicyclic) bond motifs is 1. The molecule has 9 nitrogen and oxygen atoms in total. The molecular weight excluding hydrogens is 532 g/mol. The molecule has 0 bridgehead atoms. The average Bonchev–Trinajstić information content (AvgIpc) is 3.27. The molecule has 1 heterocycles. The summed E-state index contributed by atoms with van der Waals surface area (Å²) in [6.07, 6.45) is 1.31. The number of furan rings is 1. The number of amides is 1. The smallest absolute Gasteiger partial charge is 0.327 e. The SMILES string of the molecule is Cc1c(C(=O)Nc2ccc(-c3ccc(N(C(C(=O)O)C(C)C)S(=O)[O-])cc3)cc2)oc2cccc(CCCO)c12. The predicted octanol–water partition coefficient (Wildman–Crippen LogP) is 5.30. The lowest BCUT2D eigenvalue weighted by Gasteiger charge is -2.34. The van der Waals surface area contributed by atoms with Crippen LogP contribution in [0.1, 0.15) is 41.9 Å². The summed E-state index contributed by atoms with van der Waals surface area (Å²) in [6, 6.07) is 18.2. The second-order valence-corrected chi connectivity index (χ2v) is 10.6. The number of carboxylic acids is 1. The number of rotatable bonds is 11. The van der Waals surface area contributed by atoms with E-state index in [1.54, 1.807) is 50.2 Å². The van der Waals surface area contributed by atoms with Crippen molar-refractivity contribution in [2.24, 2.45) is 5.92 Å². The minimum atomic E-state index is -2.77. The Morgan fingerprint density at radius 2 is 1.65 bits per heavy atom. The number of carbonyl (C=O) groups is 2. The molecule has 4 rings (SSSR count). The zero-order valence-electron chi connectivity index (χ0n) is 22.4. The van der Waals surface area contributed by atoms with E-state index in [9.17, 15) is 28.6 Å². The number of aryl methyl sites for hydroxylation is 2. The molecule has 0 aliphatic rings. The molecule has 2 unspecified atom stereocenters. The summed E-state index contributed by atoms with van der Waals surface area (Å²) in [5.74, 6) is -1.80. The number of benzene rings is 3. The maximum atomic E-state index is 13.1. The van der Waals surface area contributed by atoms with Gasteiger partial charge in [0.05, 0.1) is 0 Å². The Balaban J connectivity index is 1.51. The third kappa shape index (κ3) is 6.09. The van der Waals surface area contributed by atoms with Crippen LogP contribution in [-0.4, -0.2) is 43.5 Å². The number of anilines is 2. The first-order valence-electron chi connectivity index (χ1n) is 12.9. The molecule has 0 saturated carbocycles. The second kappa shape index (κ2) is 12.5. The van der Waals surface area contributed by atoms with Crippen molar-refractivity contribution in [2.45, 2.75) is 39.7 Å². The van der Waals surface area contributed by atoms with Gasteiger partial charge in [0.25, 0.3) is 5.91 Å². The van der Waals surface area contributed by atoms with E-state index < -0.39 is 29.2 Å². The Kier molecular flexibility index (Phi) is 9.03. The van der Waals surface area contributed by atoms with Crippen LogP contribution in [0.3, 0.4) is 0 Å². The van der Waals surface area contributed by atoms with Gasteiger partial charge < -0.3 is 24.5 Å². The summed E-state index contributed by atoms with van der Waals surface area (Å²) in [7, 11) is 0. The van der Waals surface area contributed by atoms with E-state index in [0.717, 1.165) is 31.9 Å². The number of nitrogens with one attached hydrogen (secondary N) is 1. The Hall–Kier alpha value is -3.99. The first kappa shape index (κ1) is 29.0. The van der Waals surface area contributed by atoms with E-state index in [1.807, 2.05) is 37.3 Å². The Morgan fingerprint density at radius 1 is 1.02 bits per heavy atom. The van der Waals surface area contributed by atoms with Gasteiger partial charge in [-0.2, -0.15) is 0 Å². The molecule has 0 aliphatic heterocycles. The molecule has 0 saturated heterocycles. The standard InChI is InChI=1S/C30H32N2O7S/c1-18(2)27(30(35)36)32(40(37)38)24-15-11-21(12-16-24)20-9-13-23(14-10-20)31-29(34)28-19(3)26-22(7-5-17-33)6-4-8-25(26)39-28/h4,6,8-16,18,27,33H,5,7,17H2,1-3H3,(H,31,34)(H,35,36)(H,37,38)/p-1. The lowest BCUT2D eigenvalue weighted by atomic mass is 10.0. The highest BCUT2D eigenvalue weighted by atomic mass is 32.2. The Labute approximate surface area is 234 Å². The van der Waals surface area contributed by atoms with Crippen LogP contribution < -0.4 is 9.62 Å². The Bertz CT molecular complexity index is 1530. The highest BCUT2D eigenvalue weighted by Crippen LogP contribution is 2.31. The minimum absolute atomic E-state index is 0.0869. The highest BCUT2D eigenvalue weighted by molar-refractivity contribution is 7.80. The molecule has 2 atom stereocenters. The fraction of sp³-hybridized carbons (Fsp3) is 0.267. The number of hydrogen-bond acceptors (Lipinski definition) is 6. The molecular formula is C30H31N2O7S-. The third-order valence-corrected chi connectivity index (χ3v) is 7.51. The minimum Gasteiger partial charge on any atom is -0.755 e. The molecule has 4 aromatic rings. The second-order valence-electron chi connectivity index (χ2n) is 9.82. The van der Waals surface area contributed by atoms with E-state index in [0.29, 0.717) is 24.1 Å². The van der Waals surface area contributed by atoms with Gasteiger partial charge in [0.2, 0.25) is 0 Å².